The van der Waals surface area contributed by atoms with Crippen LogP contribution in [0.2, 0.25) is 0 Å². The number of rotatable bonds is 14. The number of nitrogens with zero attached hydrogens (tertiary/aromatic N) is 4. The van der Waals surface area contributed by atoms with Crippen LogP contribution in [0, 0.1) is 25.2 Å². The number of hydrogen-bond donors (Lipinski definition) is 7. The standard InChI is InChI=1S/C45H54N10O8/c1-24(2)63-31-11-8-29(9-12-31)40-50-25(3)38(26(4)51-40)43(59)53-34(15-16-46)45(61)55(6)39-30-10-14-37(62-20-18-48)33(23-30)32-21-28(7-13-36(32)56)22-35(42(58)49-19-17-47)54-41(57)27(5)52-44(39)60/h7-14,21,23-24,27,34-35,39,56H,15-16,18-20,22,46,48H2,1-6H3,(H,49,58)(H,52,60)(H,53,59)(H,54,57). The summed E-state index contributed by atoms with van der Waals surface area (Å²) in [7, 11) is 1.38. The van der Waals surface area contributed by atoms with E-state index in [1.54, 1.807) is 44.2 Å². The van der Waals surface area contributed by atoms with E-state index in [0.29, 0.717) is 45.4 Å². The summed E-state index contributed by atoms with van der Waals surface area (Å²) in [6, 6.07) is 13.4. The highest BCUT2D eigenvalue weighted by atomic mass is 16.5. The number of likely N-dealkylation sites (N-methyl/N-ethyl adjacent to an activating group) is 1. The summed E-state index contributed by atoms with van der Waals surface area (Å²) >= 11 is 0. The molecule has 1 aliphatic rings. The molecule has 18 heteroatoms. The smallest absolute Gasteiger partial charge is 0.255 e. The van der Waals surface area contributed by atoms with Gasteiger partial charge in [-0.25, -0.2) is 9.97 Å². The predicted octanol–water partition coefficient (Wildman–Crippen LogP) is 2.09. The van der Waals surface area contributed by atoms with E-state index in [-0.39, 0.29) is 67.6 Å². The number of benzene rings is 3. The van der Waals surface area contributed by atoms with Crippen LogP contribution >= 0.6 is 0 Å². The molecule has 332 valence electrons. The maximum Gasteiger partial charge on any atom is 0.255 e. The predicted molar refractivity (Wildman–Crippen MR) is 233 cm³/mol. The van der Waals surface area contributed by atoms with E-state index in [1.807, 2.05) is 44.2 Å². The molecule has 9 N–H and O–H groups in total. The third-order valence-electron chi connectivity index (χ3n) is 10.2. The van der Waals surface area contributed by atoms with Crippen molar-refractivity contribution in [3.05, 3.63) is 88.7 Å². The molecule has 4 atom stereocenters. The fourth-order valence-electron chi connectivity index (χ4n) is 7.21. The van der Waals surface area contributed by atoms with Gasteiger partial charge in [-0.1, -0.05) is 12.1 Å². The van der Waals surface area contributed by atoms with Gasteiger partial charge < -0.3 is 52.2 Å². The summed E-state index contributed by atoms with van der Waals surface area (Å²) in [5.74, 6) is -2.26. The summed E-state index contributed by atoms with van der Waals surface area (Å²) < 4.78 is 11.7. The highest BCUT2D eigenvalue weighted by Crippen LogP contribution is 2.39. The van der Waals surface area contributed by atoms with E-state index < -0.39 is 53.7 Å². The van der Waals surface area contributed by atoms with E-state index in [1.165, 1.54) is 20.0 Å². The zero-order chi connectivity index (χ0) is 46.0. The van der Waals surface area contributed by atoms with Crippen molar-refractivity contribution < 1.29 is 38.6 Å². The number of nitrogens with one attached hydrogen (secondary N) is 4. The van der Waals surface area contributed by atoms with Gasteiger partial charge in [-0.2, -0.15) is 5.26 Å². The monoisotopic (exact) mass is 862 g/mol. The Morgan fingerprint density at radius 2 is 1.67 bits per heavy atom. The summed E-state index contributed by atoms with van der Waals surface area (Å²) in [5.41, 5.74) is 14.7. The van der Waals surface area contributed by atoms with Crippen molar-refractivity contribution >= 4 is 29.5 Å². The van der Waals surface area contributed by atoms with E-state index in [0.717, 1.165) is 4.90 Å². The van der Waals surface area contributed by atoms with Crippen molar-refractivity contribution in [1.82, 2.24) is 36.1 Å². The van der Waals surface area contributed by atoms with Gasteiger partial charge in [0.15, 0.2) is 5.82 Å². The minimum absolute atomic E-state index is 0.000333. The number of nitriles is 1. The first-order chi connectivity index (χ1) is 30.1. The number of hydrogen-bond acceptors (Lipinski definition) is 13. The zero-order valence-corrected chi connectivity index (χ0v) is 36.2. The molecular weight excluding hydrogens is 809 g/mol. The molecule has 1 aromatic heterocycles. The molecule has 4 unspecified atom stereocenters. The van der Waals surface area contributed by atoms with E-state index in [4.69, 9.17) is 26.2 Å². The molecule has 0 aliphatic carbocycles. The van der Waals surface area contributed by atoms with Crippen molar-refractivity contribution in [2.75, 3.05) is 33.3 Å². The van der Waals surface area contributed by atoms with Gasteiger partial charge in [0.1, 0.15) is 54.6 Å². The second-order valence-electron chi connectivity index (χ2n) is 15.4. The average molecular weight is 863 g/mol. The van der Waals surface area contributed by atoms with Crippen LogP contribution in [-0.2, 0) is 25.6 Å². The normalized spacial score (nSPS) is 16.7. The molecule has 63 heavy (non-hydrogen) atoms. The second kappa shape index (κ2) is 21.1. The summed E-state index contributed by atoms with van der Waals surface area (Å²) in [6.45, 7) is 8.55. The number of carbonyl (C=O) groups excluding carboxylic acids is 5. The summed E-state index contributed by atoms with van der Waals surface area (Å²) in [4.78, 5) is 80.2. The van der Waals surface area contributed by atoms with Crippen LogP contribution in [0.25, 0.3) is 22.5 Å². The van der Waals surface area contributed by atoms with Gasteiger partial charge in [0.25, 0.3) is 5.91 Å². The lowest BCUT2D eigenvalue weighted by Gasteiger charge is -2.32. The van der Waals surface area contributed by atoms with Crippen LogP contribution < -0.4 is 42.2 Å². The van der Waals surface area contributed by atoms with Gasteiger partial charge in [-0.15, -0.1) is 0 Å². The fraction of sp³-hybridized carbons (Fsp3) is 0.378. The quantitative estimate of drug-likeness (QED) is 0.0896. The van der Waals surface area contributed by atoms with Crippen LogP contribution in [0.15, 0.2) is 60.7 Å². The number of phenols is 1. The summed E-state index contributed by atoms with van der Waals surface area (Å²) in [6.07, 6.45) is -0.0570. The van der Waals surface area contributed by atoms with E-state index in [2.05, 4.69) is 31.2 Å². The molecule has 0 saturated carbocycles. The van der Waals surface area contributed by atoms with Crippen LogP contribution in [0.5, 0.6) is 17.2 Å². The molecule has 4 bridgehead atoms. The number of aromatic nitrogens is 2. The third kappa shape index (κ3) is 11.4. The Morgan fingerprint density at radius 1 is 0.968 bits per heavy atom. The molecule has 0 fully saturated rings. The zero-order valence-electron chi connectivity index (χ0n) is 36.2. The second-order valence-corrected chi connectivity index (χ2v) is 15.4. The van der Waals surface area contributed by atoms with Crippen molar-refractivity contribution in [3.63, 3.8) is 0 Å². The Labute approximate surface area is 365 Å². The lowest BCUT2D eigenvalue weighted by molar-refractivity contribution is -0.141. The molecule has 0 saturated heterocycles. The van der Waals surface area contributed by atoms with Crippen LogP contribution in [0.4, 0.5) is 0 Å². The number of fused-ring (bicyclic) bond motifs is 5. The Bertz CT molecular complexity index is 2360. The first kappa shape index (κ1) is 47.0. The van der Waals surface area contributed by atoms with Gasteiger partial charge in [0.2, 0.25) is 23.6 Å². The number of ether oxygens (including phenoxy) is 2. The highest BCUT2D eigenvalue weighted by Gasteiger charge is 2.36. The lowest BCUT2D eigenvalue weighted by Crippen LogP contribution is -2.56. The molecule has 0 radical (unpaired) electrons. The fourth-order valence-corrected chi connectivity index (χ4v) is 7.21. The van der Waals surface area contributed by atoms with Crippen molar-refractivity contribution in [3.8, 4) is 45.8 Å². The first-order valence-electron chi connectivity index (χ1n) is 20.5. The van der Waals surface area contributed by atoms with Gasteiger partial charge in [0, 0.05) is 36.7 Å². The molecule has 1 aliphatic heterocycles. The van der Waals surface area contributed by atoms with Crippen molar-refractivity contribution in [1.29, 1.82) is 5.26 Å². The Morgan fingerprint density at radius 3 is 2.30 bits per heavy atom. The molecule has 2 heterocycles. The van der Waals surface area contributed by atoms with E-state index >= 15 is 0 Å². The lowest BCUT2D eigenvalue weighted by atomic mass is 9.93. The number of carbonyl (C=O) groups is 5. The van der Waals surface area contributed by atoms with Crippen molar-refractivity contribution in [2.24, 2.45) is 11.5 Å². The number of aromatic hydroxyl groups is 1. The minimum Gasteiger partial charge on any atom is -0.507 e. The third-order valence-corrected chi connectivity index (χ3v) is 10.2. The molecule has 3 aromatic carbocycles. The SMILES string of the molecule is Cc1nc(-c2ccc(OC(C)C)cc2)nc(C)c1C(=O)NC(CCN)C(=O)N(C)C1C(=O)NC(C)C(=O)NC(C(=O)NCC#N)Cc2ccc(O)c(c2)-c2cc1ccc2OCCN. The van der Waals surface area contributed by atoms with Crippen LogP contribution in [0.1, 0.15) is 66.1 Å². The number of phenolic OH excluding ortho intramolecular Hbond substituents is 1. The van der Waals surface area contributed by atoms with Gasteiger partial charge in [-0.05, 0) is 107 Å². The Kier molecular flexibility index (Phi) is 15.7. The van der Waals surface area contributed by atoms with Crippen LogP contribution in [-0.4, -0.2) is 107 Å². The molecule has 5 amide bonds. The van der Waals surface area contributed by atoms with Crippen LogP contribution in [0.3, 0.4) is 0 Å². The average Bonchev–Trinajstić information content (AvgIpc) is 3.24. The van der Waals surface area contributed by atoms with Gasteiger partial charge in [0.05, 0.1) is 29.1 Å². The molecule has 5 rings (SSSR count). The minimum atomic E-state index is -1.43. The topological polar surface area (TPSA) is 277 Å². The Balaban J connectivity index is 1.53. The molecule has 4 aromatic rings. The van der Waals surface area contributed by atoms with Crippen molar-refractivity contribution in [2.45, 2.75) is 77.7 Å². The molecule has 18 nitrogen and oxygen atoms in total. The number of aryl methyl sites for hydroxylation is 2. The Hall–Kier alpha value is -7.10. The largest absolute Gasteiger partial charge is 0.507 e. The number of amides is 5. The number of nitrogens with two attached hydrogens (primary N) is 2. The molecular formula is C45H54N10O8. The summed E-state index contributed by atoms with van der Waals surface area (Å²) in [5, 5.41) is 30.9. The molecule has 0 spiro atoms. The maximum atomic E-state index is 14.6. The van der Waals surface area contributed by atoms with E-state index in [9.17, 15) is 29.1 Å². The maximum absolute atomic E-state index is 14.6. The van der Waals surface area contributed by atoms with Gasteiger partial charge in [-0.3, -0.25) is 24.0 Å². The first-order valence-corrected chi connectivity index (χ1v) is 20.5. The van der Waals surface area contributed by atoms with Gasteiger partial charge >= 0.3 is 0 Å². The highest BCUT2D eigenvalue weighted by molar-refractivity contribution is 6.00.